The van der Waals surface area contributed by atoms with Crippen LogP contribution in [0.25, 0.3) is 0 Å². The number of halogens is 1. The van der Waals surface area contributed by atoms with Crippen molar-refractivity contribution in [2.45, 2.75) is 6.54 Å². The van der Waals surface area contributed by atoms with Crippen LogP contribution in [-0.4, -0.2) is 48.7 Å². The van der Waals surface area contributed by atoms with E-state index in [1.54, 1.807) is 6.20 Å². The van der Waals surface area contributed by atoms with Crippen LogP contribution in [0.2, 0.25) is 0 Å². The molecule has 4 rings (SSSR count). The van der Waals surface area contributed by atoms with Gasteiger partial charge in [-0.1, -0.05) is 6.07 Å². The molecule has 0 bridgehead atoms. The molecular weight excluding hydrogens is 387 g/mol. The van der Waals surface area contributed by atoms with Crippen LogP contribution in [0.3, 0.4) is 0 Å². The number of hydrogen-bond acceptors (Lipinski definition) is 6. The summed E-state index contributed by atoms with van der Waals surface area (Å²) in [5.74, 6) is 0.658. The largest absolute Gasteiger partial charge is 0.454 e. The van der Waals surface area contributed by atoms with Crippen LogP contribution in [0.5, 0.6) is 11.5 Å². The zero-order valence-corrected chi connectivity index (χ0v) is 16.3. The molecule has 2 heterocycles. The van der Waals surface area contributed by atoms with E-state index in [0.717, 1.165) is 36.7 Å². The highest BCUT2D eigenvalue weighted by atomic mass is 19.1. The van der Waals surface area contributed by atoms with Crippen LogP contribution in [0.1, 0.15) is 5.56 Å². The standard InChI is InChI=1S/C22H21FN4O3/c23-18-2-4-19(5-3-18)25-22(28)17(12-24)14-27-9-7-26(8-10-27)13-16-1-6-20-21(11-16)30-15-29-20/h1-6,11,14H,7-10,13,15H2,(H,25,28)/b17-14-. The molecule has 2 aliphatic heterocycles. The summed E-state index contributed by atoms with van der Waals surface area (Å²) >= 11 is 0. The lowest BCUT2D eigenvalue weighted by Crippen LogP contribution is -2.43. The van der Waals surface area contributed by atoms with Gasteiger partial charge in [0.1, 0.15) is 17.5 Å². The van der Waals surface area contributed by atoms with Gasteiger partial charge in [-0.2, -0.15) is 5.26 Å². The molecule has 7 nitrogen and oxygen atoms in total. The topological polar surface area (TPSA) is 77.8 Å². The third-order valence-electron chi connectivity index (χ3n) is 5.03. The van der Waals surface area contributed by atoms with E-state index < -0.39 is 5.91 Å². The zero-order valence-electron chi connectivity index (χ0n) is 16.3. The summed E-state index contributed by atoms with van der Waals surface area (Å²) in [6.07, 6.45) is 1.59. The fraction of sp³-hybridized carbons (Fsp3) is 0.273. The average molecular weight is 408 g/mol. The smallest absolute Gasteiger partial charge is 0.267 e. The maximum atomic E-state index is 13.0. The Morgan fingerprint density at radius 2 is 1.83 bits per heavy atom. The fourth-order valence-corrected chi connectivity index (χ4v) is 3.40. The molecule has 0 radical (unpaired) electrons. The number of piperazine rings is 1. The molecule has 0 atom stereocenters. The van der Waals surface area contributed by atoms with E-state index in [0.29, 0.717) is 18.8 Å². The number of fused-ring (bicyclic) bond motifs is 1. The van der Waals surface area contributed by atoms with Crippen molar-refractivity contribution < 1.29 is 18.7 Å². The van der Waals surface area contributed by atoms with Gasteiger partial charge in [0.25, 0.3) is 5.91 Å². The molecular formula is C22H21FN4O3. The maximum Gasteiger partial charge on any atom is 0.267 e. The first-order chi connectivity index (χ1) is 14.6. The summed E-state index contributed by atoms with van der Waals surface area (Å²) in [7, 11) is 0. The number of hydrogen-bond donors (Lipinski definition) is 1. The summed E-state index contributed by atoms with van der Waals surface area (Å²) < 4.78 is 23.8. The normalized spacial score (nSPS) is 16.3. The molecule has 1 saturated heterocycles. The van der Waals surface area contributed by atoms with Gasteiger partial charge in [0.05, 0.1) is 0 Å². The molecule has 2 aromatic rings. The molecule has 2 aromatic carbocycles. The third-order valence-corrected chi connectivity index (χ3v) is 5.03. The Balaban J connectivity index is 1.31. The highest BCUT2D eigenvalue weighted by Crippen LogP contribution is 2.32. The first kappa shape index (κ1) is 19.7. The van der Waals surface area contributed by atoms with Crippen LogP contribution in [-0.2, 0) is 11.3 Å². The molecule has 30 heavy (non-hydrogen) atoms. The predicted octanol–water partition coefficient (Wildman–Crippen LogP) is 2.72. The molecule has 0 aliphatic carbocycles. The number of amides is 1. The quantitative estimate of drug-likeness (QED) is 0.606. The van der Waals surface area contributed by atoms with Crippen molar-refractivity contribution in [1.82, 2.24) is 9.80 Å². The van der Waals surface area contributed by atoms with E-state index >= 15 is 0 Å². The molecule has 1 fully saturated rings. The Kier molecular flexibility index (Phi) is 5.82. The van der Waals surface area contributed by atoms with Gasteiger partial charge in [0.2, 0.25) is 6.79 Å². The van der Waals surface area contributed by atoms with Gasteiger partial charge in [-0.3, -0.25) is 9.69 Å². The van der Waals surface area contributed by atoms with Crippen molar-refractivity contribution >= 4 is 11.6 Å². The zero-order chi connectivity index (χ0) is 20.9. The van der Waals surface area contributed by atoms with E-state index in [1.807, 2.05) is 29.2 Å². The third kappa shape index (κ3) is 4.70. The second-order valence-electron chi connectivity index (χ2n) is 7.12. The van der Waals surface area contributed by atoms with Gasteiger partial charge in [-0.25, -0.2) is 4.39 Å². The van der Waals surface area contributed by atoms with Crippen LogP contribution in [0, 0.1) is 17.1 Å². The second kappa shape index (κ2) is 8.84. The van der Waals surface area contributed by atoms with Gasteiger partial charge < -0.3 is 19.7 Å². The molecule has 0 aromatic heterocycles. The highest BCUT2D eigenvalue weighted by molar-refractivity contribution is 6.06. The molecule has 0 spiro atoms. The van der Waals surface area contributed by atoms with Crippen molar-refractivity contribution in [3.63, 3.8) is 0 Å². The molecule has 1 N–H and O–H groups in total. The van der Waals surface area contributed by atoms with Gasteiger partial charge in [-0.15, -0.1) is 0 Å². The number of ether oxygens (including phenoxy) is 2. The van der Waals surface area contributed by atoms with Crippen LogP contribution >= 0.6 is 0 Å². The van der Waals surface area contributed by atoms with Crippen molar-refractivity contribution in [2.24, 2.45) is 0 Å². The Morgan fingerprint density at radius 3 is 2.57 bits per heavy atom. The van der Waals surface area contributed by atoms with Gasteiger partial charge >= 0.3 is 0 Å². The van der Waals surface area contributed by atoms with Crippen molar-refractivity contribution in [3.05, 3.63) is 65.6 Å². The second-order valence-corrected chi connectivity index (χ2v) is 7.12. The SMILES string of the molecule is N#C/C(=C/N1CCN(Cc2ccc3c(c2)OCO3)CC1)C(=O)Nc1ccc(F)cc1. The first-order valence-corrected chi connectivity index (χ1v) is 9.64. The maximum absolute atomic E-state index is 13.0. The summed E-state index contributed by atoms with van der Waals surface area (Å²) in [5.41, 5.74) is 1.61. The van der Waals surface area contributed by atoms with Gasteiger partial charge in [-0.05, 0) is 42.0 Å². The van der Waals surface area contributed by atoms with E-state index in [4.69, 9.17) is 9.47 Å². The number of rotatable bonds is 5. The average Bonchev–Trinajstić information content (AvgIpc) is 3.22. The Morgan fingerprint density at radius 1 is 1.10 bits per heavy atom. The van der Waals surface area contributed by atoms with Crippen molar-refractivity contribution in [2.75, 3.05) is 38.3 Å². The highest BCUT2D eigenvalue weighted by Gasteiger charge is 2.19. The number of anilines is 1. The predicted molar refractivity (Wildman–Crippen MR) is 108 cm³/mol. The molecule has 0 unspecified atom stereocenters. The summed E-state index contributed by atoms with van der Waals surface area (Å²) in [5, 5.41) is 12.0. The first-order valence-electron chi connectivity index (χ1n) is 9.64. The minimum absolute atomic E-state index is 0.0172. The lowest BCUT2D eigenvalue weighted by atomic mass is 10.1. The monoisotopic (exact) mass is 408 g/mol. The summed E-state index contributed by atoms with van der Waals surface area (Å²) in [6, 6.07) is 13.3. The van der Waals surface area contributed by atoms with Crippen LogP contribution in [0.15, 0.2) is 54.2 Å². The Bertz CT molecular complexity index is 992. The number of carbonyl (C=O) groups excluding carboxylic acids is 1. The van der Waals surface area contributed by atoms with Crippen molar-refractivity contribution in [3.8, 4) is 17.6 Å². The van der Waals surface area contributed by atoms with Crippen LogP contribution in [0.4, 0.5) is 10.1 Å². The minimum atomic E-state index is -0.508. The Labute approximate surface area is 173 Å². The lowest BCUT2D eigenvalue weighted by molar-refractivity contribution is -0.112. The molecule has 1 amide bonds. The Hall–Kier alpha value is -3.57. The molecule has 0 saturated carbocycles. The summed E-state index contributed by atoms with van der Waals surface area (Å²) in [4.78, 5) is 16.6. The number of nitrogens with zero attached hydrogens (tertiary/aromatic N) is 3. The summed E-state index contributed by atoms with van der Waals surface area (Å²) in [6.45, 7) is 4.09. The van der Waals surface area contributed by atoms with E-state index in [9.17, 15) is 14.4 Å². The minimum Gasteiger partial charge on any atom is -0.454 e. The molecule has 2 aliphatic rings. The van der Waals surface area contributed by atoms with Gasteiger partial charge in [0.15, 0.2) is 11.5 Å². The van der Waals surface area contributed by atoms with Gasteiger partial charge in [0, 0.05) is 44.6 Å². The number of nitriles is 1. The molecule has 8 heteroatoms. The lowest BCUT2D eigenvalue weighted by Gasteiger charge is -2.34. The van der Waals surface area contributed by atoms with E-state index in [-0.39, 0.29) is 18.2 Å². The number of benzene rings is 2. The van der Waals surface area contributed by atoms with Crippen molar-refractivity contribution in [1.29, 1.82) is 5.26 Å². The van der Waals surface area contributed by atoms with E-state index in [1.165, 1.54) is 24.3 Å². The number of carbonyl (C=O) groups is 1. The fourth-order valence-electron chi connectivity index (χ4n) is 3.40. The van der Waals surface area contributed by atoms with E-state index in [2.05, 4.69) is 10.2 Å². The van der Waals surface area contributed by atoms with Crippen LogP contribution < -0.4 is 14.8 Å². The molecule has 154 valence electrons. The number of nitrogens with one attached hydrogen (secondary N) is 1.